The highest BCUT2D eigenvalue weighted by Crippen LogP contribution is 2.25. The van der Waals surface area contributed by atoms with Crippen molar-refractivity contribution in [2.24, 2.45) is 0 Å². The molecule has 2 aromatic carbocycles. The van der Waals surface area contributed by atoms with Gasteiger partial charge in [0.15, 0.2) is 0 Å². The lowest BCUT2D eigenvalue weighted by Gasteiger charge is -2.33. The predicted octanol–water partition coefficient (Wildman–Crippen LogP) is 6.26. The first-order chi connectivity index (χ1) is 16.6. The Morgan fingerprint density at radius 3 is 2.46 bits per heavy atom. The van der Waals surface area contributed by atoms with Crippen LogP contribution in [-0.4, -0.2) is 48.4 Å². The molecule has 1 fully saturated rings. The fourth-order valence-electron chi connectivity index (χ4n) is 4.02. The van der Waals surface area contributed by atoms with Gasteiger partial charge >= 0.3 is 6.09 Å². The van der Waals surface area contributed by atoms with E-state index in [4.69, 9.17) is 14.7 Å². The molecule has 0 spiro atoms. The highest BCUT2D eigenvalue weighted by atomic mass is 16.6. The molecule has 0 unspecified atom stereocenters. The lowest BCUT2D eigenvalue weighted by Crippen LogP contribution is -2.44. The first-order valence-corrected chi connectivity index (χ1v) is 12.3. The number of piperidine rings is 1. The van der Waals surface area contributed by atoms with Gasteiger partial charge in [0.05, 0.1) is 11.6 Å². The Bertz CT molecular complexity index is 1040. The molecule has 6 nitrogen and oxygen atoms in total. The van der Waals surface area contributed by atoms with E-state index in [1.54, 1.807) is 4.90 Å². The van der Waals surface area contributed by atoms with Gasteiger partial charge in [-0.15, -0.1) is 0 Å². The van der Waals surface area contributed by atoms with Crippen LogP contribution < -0.4 is 9.64 Å². The summed E-state index contributed by atoms with van der Waals surface area (Å²) in [7, 11) is 0. The number of ether oxygens (including phenoxy) is 2. The molecule has 0 saturated carbocycles. The van der Waals surface area contributed by atoms with Gasteiger partial charge < -0.3 is 19.3 Å². The number of amides is 1. The molecule has 186 valence electrons. The molecular weight excluding hydrogens is 438 g/mol. The average Bonchev–Trinajstić information content (AvgIpc) is 2.82. The second-order valence-electron chi connectivity index (χ2n) is 10.2. The van der Waals surface area contributed by atoms with E-state index in [1.807, 2.05) is 57.2 Å². The summed E-state index contributed by atoms with van der Waals surface area (Å²) in [4.78, 5) is 16.3. The van der Waals surface area contributed by atoms with Crippen molar-refractivity contribution in [3.05, 3.63) is 65.7 Å². The molecule has 0 radical (unpaired) electrons. The molecule has 0 aliphatic carbocycles. The van der Waals surface area contributed by atoms with Gasteiger partial charge in [0.25, 0.3) is 0 Å². The highest BCUT2D eigenvalue weighted by Gasteiger charge is 2.27. The summed E-state index contributed by atoms with van der Waals surface area (Å²) >= 11 is 0. The minimum Gasteiger partial charge on any atom is -0.490 e. The zero-order chi connectivity index (χ0) is 25.4. The van der Waals surface area contributed by atoms with Crippen molar-refractivity contribution >= 4 is 17.9 Å². The summed E-state index contributed by atoms with van der Waals surface area (Å²) in [6.45, 7) is 12.0. The molecule has 6 heteroatoms. The third kappa shape index (κ3) is 8.06. The van der Waals surface area contributed by atoms with Gasteiger partial charge in [-0.3, -0.25) is 0 Å². The topological polar surface area (TPSA) is 65.8 Å². The summed E-state index contributed by atoms with van der Waals surface area (Å²) < 4.78 is 11.7. The summed E-state index contributed by atoms with van der Waals surface area (Å²) in [5, 5.41) is 9.08. The summed E-state index contributed by atoms with van der Waals surface area (Å²) in [5.74, 6) is 0.844. The summed E-state index contributed by atoms with van der Waals surface area (Å²) in [5.41, 5.74) is 2.34. The highest BCUT2D eigenvalue weighted by molar-refractivity contribution is 5.68. The molecule has 0 aromatic heterocycles. The molecule has 3 rings (SSSR count). The normalized spacial score (nSPS) is 14.7. The molecule has 1 saturated heterocycles. The molecule has 2 aromatic rings. The van der Waals surface area contributed by atoms with E-state index < -0.39 is 5.60 Å². The number of carbonyl (C=O) groups is 1. The van der Waals surface area contributed by atoms with Gasteiger partial charge in [0.2, 0.25) is 0 Å². The number of nitriles is 1. The van der Waals surface area contributed by atoms with Crippen molar-refractivity contribution in [3.8, 4) is 11.8 Å². The molecule has 35 heavy (non-hydrogen) atoms. The minimum absolute atomic E-state index is 0.0906. The molecule has 1 aliphatic heterocycles. The largest absolute Gasteiger partial charge is 0.490 e. The van der Waals surface area contributed by atoms with Gasteiger partial charge in [-0.2, -0.15) is 5.26 Å². The third-order valence-corrected chi connectivity index (χ3v) is 5.82. The molecule has 0 bridgehead atoms. The Morgan fingerprint density at radius 2 is 1.86 bits per heavy atom. The van der Waals surface area contributed by atoms with Crippen LogP contribution in [0.4, 0.5) is 10.5 Å². The van der Waals surface area contributed by atoms with Crippen LogP contribution in [0.15, 0.2) is 54.6 Å². The van der Waals surface area contributed by atoms with Gasteiger partial charge in [-0.25, -0.2) is 4.79 Å². The van der Waals surface area contributed by atoms with Gasteiger partial charge in [-0.05, 0) is 76.6 Å². The van der Waals surface area contributed by atoms with Crippen LogP contribution >= 0.6 is 0 Å². The Morgan fingerprint density at radius 1 is 1.17 bits per heavy atom. The maximum atomic E-state index is 12.3. The van der Waals surface area contributed by atoms with Crippen molar-refractivity contribution in [1.82, 2.24) is 4.90 Å². The first-order valence-electron chi connectivity index (χ1n) is 12.3. The number of nitrogens with zero attached hydrogens (tertiary/aromatic N) is 3. The standard InChI is InChI=1S/C29H37N3O3/c1-22(2)32(17-7-10-23-8-6-9-24(20-23)21-30)25-11-13-26(14-12-25)34-27-15-18-31(19-16-27)28(33)35-29(3,4)5/h6-14,20,22,27H,15-19H2,1-5H3/b10-7+. The van der Waals surface area contributed by atoms with E-state index >= 15 is 0 Å². The van der Waals surface area contributed by atoms with Crippen LogP contribution in [0.2, 0.25) is 0 Å². The average molecular weight is 476 g/mol. The minimum atomic E-state index is -0.478. The number of benzene rings is 2. The predicted molar refractivity (Wildman–Crippen MR) is 141 cm³/mol. The quantitative estimate of drug-likeness (QED) is 0.472. The number of hydrogen-bond donors (Lipinski definition) is 0. The maximum absolute atomic E-state index is 12.3. The lowest BCUT2D eigenvalue weighted by molar-refractivity contribution is 0.0126. The zero-order valence-electron chi connectivity index (χ0n) is 21.5. The fourth-order valence-corrected chi connectivity index (χ4v) is 4.02. The lowest BCUT2D eigenvalue weighted by atomic mass is 10.1. The van der Waals surface area contributed by atoms with E-state index in [1.165, 1.54) is 0 Å². The molecule has 0 N–H and O–H groups in total. The van der Waals surface area contributed by atoms with Crippen molar-refractivity contribution in [2.45, 2.75) is 65.2 Å². The smallest absolute Gasteiger partial charge is 0.410 e. The van der Waals surface area contributed by atoms with Crippen molar-refractivity contribution in [1.29, 1.82) is 5.26 Å². The van der Waals surface area contributed by atoms with Crippen LogP contribution in [0.3, 0.4) is 0 Å². The maximum Gasteiger partial charge on any atom is 0.410 e. The van der Waals surface area contributed by atoms with E-state index in [0.29, 0.717) is 24.7 Å². The Labute approximate surface area is 209 Å². The van der Waals surface area contributed by atoms with Crippen LogP contribution in [0.1, 0.15) is 58.6 Å². The van der Waals surface area contributed by atoms with E-state index in [0.717, 1.165) is 36.4 Å². The second kappa shape index (κ2) is 11.8. The van der Waals surface area contributed by atoms with Crippen LogP contribution in [0, 0.1) is 11.3 Å². The third-order valence-electron chi connectivity index (χ3n) is 5.82. The van der Waals surface area contributed by atoms with Gasteiger partial charge in [0, 0.05) is 44.2 Å². The zero-order valence-corrected chi connectivity index (χ0v) is 21.5. The second-order valence-corrected chi connectivity index (χ2v) is 10.2. The first kappa shape index (κ1) is 26.2. The molecule has 1 amide bonds. The summed E-state index contributed by atoms with van der Waals surface area (Å²) in [6.07, 6.45) is 5.60. The summed E-state index contributed by atoms with van der Waals surface area (Å²) in [6, 6.07) is 18.3. The Balaban J connectivity index is 1.53. The number of carbonyl (C=O) groups excluding carboxylic acids is 1. The molecule has 0 atom stereocenters. The van der Waals surface area contributed by atoms with Crippen molar-refractivity contribution < 1.29 is 14.3 Å². The van der Waals surface area contributed by atoms with E-state index in [-0.39, 0.29) is 12.2 Å². The number of hydrogen-bond acceptors (Lipinski definition) is 5. The van der Waals surface area contributed by atoms with Crippen LogP contribution in [-0.2, 0) is 4.74 Å². The number of anilines is 1. The number of rotatable bonds is 7. The van der Waals surface area contributed by atoms with Crippen molar-refractivity contribution in [3.63, 3.8) is 0 Å². The van der Waals surface area contributed by atoms with Gasteiger partial charge in [-0.1, -0.05) is 24.3 Å². The van der Waals surface area contributed by atoms with E-state index in [2.05, 4.69) is 49.1 Å². The van der Waals surface area contributed by atoms with Crippen LogP contribution in [0.25, 0.3) is 6.08 Å². The fraction of sp³-hybridized carbons (Fsp3) is 0.448. The Kier molecular flexibility index (Phi) is 8.81. The number of likely N-dealkylation sites (tertiary alicyclic amines) is 1. The SMILES string of the molecule is CC(C)N(C/C=C/c1cccc(C#N)c1)c1ccc(OC2CCN(C(=O)OC(C)(C)C)CC2)cc1. The molecule has 1 heterocycles. The monoisotopic (exact) mass is 475 g/mol. The molecule has 1 aliphatic rings. The Hall–Kier alpha value is -3.46. The van der Waals surface area contributed by atoms with Gasteiger partial charge in [0.1, 0.15) is 17.5 Å². The van der Waals surface area contributed by atoms with Crippen LogP contribution in [0.5, 0.6) is 5.75 Å². The van der Waals surface area contributed by atoms with Crippen molar-refractivity contribution in [2.75, 3.05) is 24.5 Å². The van der Waals surface area contributed by atoms with E-state index in [9.17, 15) is 4.79 Å². The molecular formula is C29H37N3O3.